The Labute approximate surface area is 196 Å². The quantitative estimate of drug-likeness (QED) is 0.496. The minimum Gasteiger partial charge on any atom is -0.393 e. The fourth-order valence-corrected chi connectivity index (χ4v) is 3.55. The van der Waals surface area contributed by atoms with E-state index in [4.69, 9.17) is 0 Å². The average Bonchev–Trinajstić information content (AvgIpc) is 2.89. The molecule has 0 amide bonds. The van der Waals surface area contributed by atoms with E-state index in [9.17, 15) is 5.11 Å². The number of rotatable bonds is 5. The summed E-state index contributed by atoms with van der Waals surface area (Å²) in [6.45, 7) is 5.85. The van der Waals surface area contributed by atoms with E-state index in [1.807, 2.05) is 56.8 Å². The molecular weight excluding hydrogens is 441 g/mol. The van der Waals surface area contributed by atoms with Crippen LogP contribution in [0.15, 0.2) is 24.3 Å². The molecule has 0 bridgehead atoms. The first kappa shape index (κ1) is 21.9. The van der Waals surface area contributed by atoms with Crippen LogP contribution < -0.4 is 10.6 Å². The van der Waals surface area contributed by atoms with Crippen LogP contribution in [0.3, 0.4) is 0 Å². The Morgan fingerprint density at radius 3 is 2.48 bits per heavy atom. The fourth-order valence-electron chi connectivity index (χ4n) is 3.55. The second-order valence-corrected chi connectivity index (χ2v) is 7.48. The SMILES string of the molecule is Cc1[c-]nc(Nc2c(C)nn(C)c2C)nc1Nc1ccccc1C1(O)CCC1.[Y]. The summed E-state index contributed by atoms with van der Waals surface area (Å²) in [5.41, 5.74) is 4.62. The van der Waals surface area contributed by atoms with E-state index < -0.39 is 5.60 Å². The van der Waals surface area contributed by atoms with E-state index in [1.165, 1.54) is 0 Å². The molecule has 0 unspecified atom stereocenters. The summed E-state index contributed by atoms with van der Waals surface area (Å²) in [7, 11) is 1.91. The van der Waals surface area contributed by atoms with Gasteiger partial charge < -0.3 is 25.7 Å². The Hall–Kier alpha value is -1.83. The van der Waals surface area contributed by atoms with Crippen molar-refractivity contribution in [2.24, 2.45) is 7.05 Å². The first-order valence-electron chi connectivity index (χ1n) is 9.50. The number of hydrogen-bond donors (Lipinski definition) is 3. The molecule has 3 aromatic rings. The standard InChI is InChI=1S/C21H25N6O.Y/c1-13-12-22-20(24-18-14(2)26-27(4)15(18)3)25-19(13)23-17-9-6-5-8-16(17)21(28)10-7-11-21;/h5-6,8-9,28H,7,10-11H2,1-4H3,(H2,22,23,24,25);/q-1;. The minimum atomic E-state index is -0.751. The summed E-state index contributed by atoms with van der Waals surface area (Å²) in [6.07, 6.45) is 5.63. The second kappa shape index (κ2) is 8.50. The maximum atomic E-state index is 10.8. The summed E-state index contributed by atoms with van der Waals surface area (Å²) in [4.78, 5) is 8.93. The van der Waals surface area contributed by atoms with E-state index in [-0.39, 0.29) is 32.7 Å². The molecule has 1 aliphatic carbocycles. The molecular formula is C21H25N6OY-. The zero-order valence-electron chi connectivity index (χ0n) is 17.2. The maximum absolute atomic E-state index is 10.8. The second-order valence-electron chi connectivity index (χ2n) is 7.48. The Morgan fingerprint density at radius 2 is 1.86 bits per heavy atom. The fraction of sp³-hybridized carbons (Fsp3) is 0.381. The van der Waals surface area contributed by atoms with Crippen LogP contribution >= 0.6 is 0 Å². The minimum absolute atomic E-state index is 0. The van der Waals surface area contributed by atoms with Gasteiger partial charge in [-0.15, -0.1) is 5.56 Å². The Kier molecular flexibility index (Phi) is 6.41. The Morgan fingerprint density at radius 1 is 1.14 bits per heavy atom. The number of aliphatic hydroxyl groups is 1. The predicted molar refractivity (Wildman–Crippen MR) is 109 cm³/mol. The van der Waals surface area contributed by atoms with E-state index >= 15 is 0 Å². The number of hydrogen-bond acceptors (Lipinski definition) is 6. The van der Waals surface area contributed by atoms with Crippen molar-refractivity contribution in [3.63, 3.8) is 0 Å². The zero-order chi connectivity index (χ0) is 19.9. The van der Waals surface area contributed by atoms with Gasteiger partial charge in [0.25, 0.3) is 0 Å². The average molecular weight is 466 g/mol. The monoisotopic (exact) mass is 466 g/mol. The maximum Gasteiger partial charge on any atom is 0.112 e. The molecule has 8 heteroatoms. The first-order valence-corrected chi connectivity index (χ1v) is 9.50. The van der Waals surface area contributed by atoms with Gasteiger partial charge in [0.2, 0.25) is 0 Å². The van der Waals surface area contributed by atoms with Gasteiger partial charge in [-0.05, 0) is 39.2 Å². The zero-order valence-corrected chi connectivity index (χ0v) is 20.1. The third-order valence-corrected chi connectivity index (χ3v) is 5.51. The Bertz CT molecular complexity index is 1030. The van der Waals surface area contributed by atoms with Gasteiger partial charge in [-0.1, -0.05) is 31.3 Å². The molecule has 1 aromatic carbocycles. The number of nitrogens with one attached hydrogen (secondary N) is 2. The molecule has 4 rings (SSSR count). The van der Waals surface area contributed by atoms with Crippen LogP contribution in [-0.2, 0) is 45.4 Å². The molecule has 1 radical (unpaired) electrons. The first-order chi connectivity index (χ1) is 13.4. The molecule has 1 fully saturated rings. The molecule has 2 heterocycles. The van der Waals surface area contributed by atoms with Crippen LogP contribution in [0.25, 0.3) is 0 Å². The van der Waals surface area contributed by atoms with E-state index in [1.54, 1.807) is 0 Å². The van der Waals surface area contributed by atoms with Crippen molar-refractivity contribution in [3.8, 4) is 0 Å². The summed E-state index contributed by atoms with van der Waals surface area (Å²) < 4.78 is 1.82. The number of aromatic nitrogens is 4. The summed E-state index contributed by atoms with van der Waals surface area (Å²) in [6, 6.07) is 7.85. The topological polar surface area (TPSA) is 87.9 Å². The van der Waals surface area contributed by atoms with Crippen LogP contribution in [0.4, 0.5) is 23.1 Å². The van der Waals surface area contributed by atoms with Crippen molar-refractivity contribution in [1.29, 1.82) is 0 Å². The molecule has 3 N–H and O–H groups in total. The van der Waals surface area contributed by atoms with Gasteiger partial charge >= 0.3 is 0 Å². The van der Waals surface area contributed by atoms with Crippen molar-refractivity contribution in [2.75, 3.05) is 10.6 Å². The molecule has 29 heavy (non-hydrogen) atoms. The summed E-state index contributed by atoms with van der Waals surface area (Å²) in [5.74, 6) is 1.11. The van der Waals surface area contributed by atoms with Gasteiger partial charge in [0.1, 0.15) is 5.95 Å². The summed E-state index contributed by atoms with van der Waals surface area (Å²) >= 11 is 0. The van der Waals surface area contributed by atoms with Gasteiger partial charge in [0.05, 0.1) is 22.7 Å². The molecule has 1 saturated carbocycles. The third kappa shape index (κ3) is 4.22. The van der Waals surface area contributed by atoms with E-state index in [0.717, 1.165) is 53.2 Å². The molecule has 0 saturated heterocycles. The van der Waals surface area contributed by atoms with E-state index in [0.29, 0.717) is 11.8 Å². The largest absolute Gasteiger partial charge is 0.393 e. The van der Waals surface area contributed by atoms with Gasteiger partial charge in [-0.3, -0.25) is 4.68 Å². The smallest absolute Gasteiger partial charge is 0.112 e. The Balaban J connectivity index is 0.00000240. The predicted octanol–water partition coefficient (Wildman–Crippen LogP) is 3.79. The molecule has 1 aliphatic rings. The van der Waals surface area contributed by atoms with Crippen molar-refractivity contribution in [1.82, 2.24) is 19.7 Å². The molecule has 7 nitrogen and oxygen atoms in total. The van der Waals surface area contributed by atoms with Gasteiger partial charge in [0, 0.05) is 56.8 Å². The molecule has 0 aliphatic heterocycles. The van der Waals surface area contributed by atoms with Crippen LogP contribution in [0, 0.1) is 27.0 Å². The van der Waals surface area contributed by atoms with Crippen LogP contribution in [0.2, 0.25) is 0 Å². The number of anilines is 4. The van der Waals surface area contributed by atoms with Crippen molar-refractivity contribution in [3.05, 3.63) is 53.0 Å². The van der Waals surface area contributed by atoms with Crippen LogP contribution in [0.1, 0.15) is 41.8 Å². The molecule has 2 aromatic heterocycles. The van der Waals surface area contributed by atoms with Crippen molar-refractivity contribution in [2.45, 2.75) is 45.6 Å². The molecule has 0 atom stereocenters. The van der Waals surface area contributed by atoms with Crippen molar-refractivity contribution >= 4 is 23.1 Å². The summed E-state index contributed by atoms with van der Waals surface area (Å²) in [5, 5.41) is 21.9. The number of nitrogens with zero attached hydrogens (tertiary/aromatic N) is 4. The van der Waals surface area contributed by atoms with Gasteiger partial charge in [0.15, 0.2) is 0 Å². The van der Waals surface area contributed by atoms with Gasteiger partial charge in [-0.25, -0.2) is 0 Å². The molecule has 149 valence electrons. The van der Waals surface area contributed by atoms with Crippen LogP contribution in [0.5, 0.6) is 0 Å². The van der Waals surface area contributed by atoms with E-state index in [2.05, 4.69) is 31.9 Å². The number of para-hydroxylation sites is 1. The van der Waals surface area contributed by atoms with Crippen molar-refractivity contribution < 1.29 is 37.8 Å². The number of benzene rings is 1. The number of aryl methyl sites for hydroxylation is 3. The third-order valence-electron chi connectivity index (χ3n) is 5.51. The molecule has 0 spiro atoms. The normalized spacial score (nSPS) is 14.7. The van der Waals surface area contributed by atoms with Crippen LogP contribution in [-0.4, -0.2) is 24.9 Å². The van der Waals surface area contributed by atoms with Gasteiger partial charge in [-0.2, -0.15) is 5.10 Å².